The number of nitrogens with one attached hydrogen (secondary N) is 2. The van der Waals surface area contributed by atoms with Crippen LogP contribution in [-0.4, -0.2) is 37.3 Å². The zero-order valence-corrected chi connectivity index (χ0v) is 15.0. The summed E-state index contributed by atoms with van der Waals surface area (Å²) in [6, 6.07) is 6.92. The first kappa shape index (κ1) is 19.8. The van der Waals surface area contributed by atoms with Gasteiger partial charge in [-0.2, -0.15) is 0 Å². The molecule has 6 nitrogen and oxygen atoms in total. The Morgan fingerprint density at radius 1 is 1.04 bits per heavy atom. The van der Waals surface area contributed by atoms with Crippen LogP contribution in [0.25, 0.3) is 0 Å². The van der Waals surface area contributed by atoms with Crippen molar-refractivity contribution in [2.45, 2.75) is 46.1 Å². The van der Waals surface area contributed by atoms with Gasteiger partial charge in [-0.25, -0.2) is 4.79 Å². The normalized spacial score (nSPS) is 10.8. The second kappa shape index (κ2) is 9.80. The molecule has 0 atom stereocenters. The summed E-state index contributed by atoms with van der Waals surface area (Å²) in [5.41, 5.74) is 0.0868. The Labute approximate surface area is 143 Å². The van der Waals surface area contributed by atoms with E-state index in [1.54, 1.807) is 24.3 Å². The van der Waals surface area contributed by atoms with Crippen molar-refractivity contribution in [3.63, 3.8) is 0 Å². The zero-order chi connectivity index (χ0) is 18.0. The maximum Gasteiger partial charge on any atom is 0.407 e. The van der Waals surface area contributed by atoms with Gasteiger partial charge in [-0.05, 0) is 51.5 Å². The first-order chi connectivity index (χ1) is 11.3. The Bertz CT molecular complexity index is 521. The maximum atomic E-state index is 11.9. The van der Waals surface area contributed by atoms with Crippen LogP contribution in [0, 0.1) is 0 Å². The van der Waals surface area contributed by atoms with Crippen LogP contribution in [0.3, 0.4) is 0 Å². The van der Waals surface area contributed by atoms with Crippen LogP contribution >= 0.6 is 0 Å². The van der Waals surface area contributed by atoms with Crippen LogP contribution in [-0.2, 0) is 4.74 Å². The van der Waals surface area contributed by atoms with Gasteiger partial charge in [-0.15, -0.1) is 0 Å². The Kier molecular flexibility index (Phi) is 8.09. The van der Waals surface area contributed by atoms with Crippen molar-refractivity contribution in [2.75, 3.05) is 19.7 Å². The minimum Gasteiger partial charge on any atom is -0.492 e. The third-order valence-electron chi connectivity index (χ3n) is 2.97. The highest BCUT2D eigenvalue weighted by molar-refractivity contribution is 5.94. The van der Waals surface area contributed by atoms with E-state index >= 15 is 0 Å². The number of hydrogen-bond acceptors (Lipinski definition) is 4. The van der Waals surface area contributed by atoms with E-state index in [1.165, 1.54) is 0 Å². The van der Waals surface area contributed by atoms with Crippen LogP contribution in [0.2, 0.25) is 0 Å². The summed E-state index contributed by atoms with van der Waals surface area (Å²) in [7, 11) is 0. The van der Waals surface area contributed by atoms with E-state index in [9.17, 15) is 9.59 Å². The number of ether oxygens (including phenoxy) is 2. The number of hydrogen-bond donors (Lipinski definition) is 2. The number of benzene rings is 1. The molecule has 0 saturated heterocycles. The summed E-state index contributed by atoms with van der Waals surface area (Å²) >= 11 is 0. The summed E-state index contributed by atoms with van der Waals surface area (Å²) in [6.07, 6.45) is 1.55. The van der Waals surface area contributed by atoms with Gasteiger partial charge in [0.1, 0.15) is 18.0 Å². The summed E-state index contributed by atoms with van der Waals surface area (Å²) < 4.78 is 10.6. The largest absolute Gasteiger partial charge is 0.492 e. The second-order valence-electron chi connectivity index (χ2n) is 6.41. The molecule has 134 valence electrons. The molecule has 1 aromatic rings. The molecule has 0 unspecified atom stereocenters. The molecule has 2 N–H and O–H groups in total. The lowest BCUT2D eigenvalue weighted by atomic mass is 10.2. The van der Waals surface area contributed by atoms with Gasteiger partial charge < -0.3 is 20.1 Å². The van der Waals surface area contributed by atoms with Crippen LogP contribution in [0.1, 0.15) is 50.9 Å². The molecular formula is C18H28N2O4. The van der Waals surface area contributed by atoms with Crippen molar-refractivity contribution in [2.24, 2.45) is 0 Å². The Balaban J connectivity index is 2.29. The highest BCUT2D eigenvalue weighted by Gasteiger charge is 2.15. The van der Waals surface area contributed by atoms with Crippen molar-refractivity contribution in [1.82, 2.24) is 10.6 Å². The fourth-order valence-corrected chi connectivity index (χ4v) is 1.82. The van der Waals surface area contributed by atoms with Crippen LogP contribution in [0.5, 0.6) is 5.75 Å². The Morgan fingerprint density at radius 2 is 1.71 bits per heavy atom. The third kappa shape index (κ3) is 8.41. The topological polar surface area (TPSA) is 76.7 Å². The fraction of sp³-hybridized carbons (Fsp3) is 0.556. The predicted molar refractivity (Wildman–Crippen MR) is 93.4 cm³/mol. The molecule has 0 aliphatic rings. The summed E-state index contributed by atoms with van der Waals surface area (Å²) in [6.45, 7) is 8.85. The summed E-state index contributed by atoms with van der Waals surface area (Å²) in [5, 5.41) is 5.48. The molecule has 6 heteroatoms. The van der Waals surface area contributed by atoms with E-state index in [-0.39, 0.29) is 5.91 Å². The van der Waals surface area contributed by atoms with Crippen molar-refractivity contribution >= 4 is 12.0 Å². The van der Waals surface area contributed by atoms with Gasteiger partial charge >= 0.3 is 6.09 Å². The molecule has 2 amide bonds. The van der Waals surface area contributed by atoms with Gasteiger partial charge in [0.2, 0.25) is 0 Å². The van der Waals surface area contributed by atoms with E-state index in [1.807, 2.05) is 20.8 Å². The first-order valence-electron chi connectivity index (χ1n) is 8.29. The highest BCUT2D eigenvalue weighted by Crippen LogP contribution is 2.12. The zero-order valence-electron chi connectivity index (χ0n) is 15.0. The lowest BCUT2D eigenvalue weighted by Gasteiger charge is -2.19. The first-order valence-corrected chi connectivity index (χ1v) is 8.29. The average molecular weight is 336 g/mol. The molecule has 0 fully saturated rings. The summed E-state index contributed by atoms with van der Waals surface area (Å²) in [5.74, 6) is 0.563. The molecule has 0 aliphatic heterocycles. The predicted octanol–water partition coefficient (Wildman–Crippen LogP) is 3.12. The number of rotatable bonds is 8. The average Bonchev–Trinajstić information content (AvgIpc) is 2.50. The number of alkyl carbamates (subject to hydrolysis) is 1. The molecule has 0 aliphatic carbocycles. The summed E-state index contributed by atoms with van der Waals surface area (Å²) in [4.78, 5) is 23.3. The van der Waals surface area contributed by atoms with E-state index in [0.29, 0.717) is 31.0 Å². The molecule has 0 heterocycles. The van der Waals surface area contributed by atoms with E-state index in [0.717, 1.165) is 12.8 Å². The molecule has 0 spiro atoms. The number of carbonyl (C=O) groups is 2. The number of carbonyl (C=O) groups excluding carboxylic acids is 2. The van der Waals surface area contributed by atoms with E-state index in [2.05, 4.69) is 17.6 Å². The number of unbranched alkanes of at least 4 members (excludes halogenated alkanes) is 1. The Hall–Kier alpha value is -2.24. The minimum absolute atomic E-state index is 0.0819. The van der Waals surface area contributed by atoms with Gasteiger partial charge in [0, 0.05) is 12.1 Å². The minimum atomic E-state index is -0.515. The van der Waals surface area contributed by atoms with Crippen LogP contribution < -0.4 is 15.4 Å². The molecular weight excluding hydrogens is 308 g/mol. The van der Waals surface area contributed by atoms with Crippen molar-refractivity contribution in [1.29, 1.82) is 0 Å². The molecule has 0 saturated carbocycles. The lowest BCUT2D eigenvalue weighted by Crippen LogP contribution is -2.34. The monoisotopic (exact) mass is 336 g/mol. The lowest BCUT2D eigenvalue weighted by molar-refractivity contribution is 0.0520. The smallest absolute Gasteiger partial charge is 0.407 e. The van der Waals surface area contributed by atoms with Crippen LogP contribution in [0.15, 0.2) is 24.3 Å². The van der Waals surface area contributed by atoms with Gasteiger partial charge in [0.05, 0.1) is 6.54 Å². The molecule has 1 rings (SSSR count). The maximum absolute atomic E-state index is 11.9. The Morgan fingerprint density at radius 3 is 2.29 bits per heavy atom. The van der Waals surface area contributed by atoms with Crippen molar-refractivity contribution < 1.29 is 19.1 Å². The van der Waals surface area contributed by atoms with Crippen molar-refractivity contribution in [3.8, 4) is 5.75 Å². The molecule has 0 aromatic heterocycles. The molecule has 0 radical (unpaired) electrons. The fourth-order valence-electron chi connectivity index (χ4n) is 1.82. The third-order valence-corrected chi connectivity index (χ3v) is 2.97. The number of amides is 2. The van der Waals surface area contributed by atoms with Crippen LogP contribution in [0.4, 0.5) is 4.79 Å². The van der Waals surface area contributed by atoms with Crippen molar-refractivity contribution in [3.05, 3.63) is 29.8 Å². The van der Waals surface area contributed by atoms with E-state index in [4.69, 9.17) is 9.47 Å². The highest BCUT2D eigenvalue weighted by atomic mass is 16.6. The second-order valence-corrected chi connectivity index (χ2v) is 6.41. The SMILES string of the molecule is CCCCNC(=O)c1ccc(OCCNC(=O)OC(C)(C)C)cc1. The van der Waals surface area contributed by atoms with Gasteiger partial charge in [-0.3, -0.25) is 4.79 Å². The van der Waals surface area contributed by atoms with Gasteiger partial charge in [-0.1, -0.05) is 13.3 Å². The standard InChI is InChI=1S/C18H28N2O4/c1-5-6-11-19-16(21)14-7-9-15(10-8-14)23-13-12-20-17(22)24-18(2,3)4/h7-10H,5-6,11-13H2,1-4H3,(H,19,21)(H,20,22). The van der Waals surface area contributed by atoms with Gasteiger partial charge in [0.15, 0.2) is 0 Å². The molecule has 0 bridgehead atoms. The van der Waals surface area contributed by atoms with E-state index < -0.39 is 11.7 Å². The molecule has 24 heavy (non-hydrogen) atoms. The van der Waals surface area contributed by atoms with Gasteiger partial charge in [0.25, 0.3) is 5.91 Å². The molecule has 1 aromatic carbocycles. The quantitative estimate of drug-likeness (QED) is 0.715.